The summed E-state index contributed by atoms with van der Waals surface area (Å²) in [6.07, 6.45) is 1.13. The van der Waals surface area contributed by atoms with E-state index in [0.717, 1.165) is 6.42 Å². The Bertz CT molecular complexity index is 138. The average molecular weight is 239 g/mol. The largest absolute Gasteiger partial charge is 0.469 e. The highest BCUT2D eigenvalue weighted by Crippen LogP contribution is 2.16. The molecule has 0 amide bonds. The van der Waals surface area contributed by atoms with E-state index < -0.39 is 0 Å². The van der Waals surface area contributed by atoms with Gasteiger partial charge in [0.15, 0.2) is 0 Å². The van der Waals surface area contributed by atoms with Crippen molar-refractivity contribution in [2.45, 2.75) is 30.7 Å². The first-order valence-corrected chi connectivity index (χ1v) is 4.80. The lowest BCUT2D eigenvalue weighted by molar-refractivity contribution is -0.143. The van der Waals surface area contributed by atoms with E-state index in [1.54, 1.807) is 7.11 Å². The second kappa shape index (κ2) is 6.43. The van der Waals surface area contributed by atoms with Crippen molar-refractivity contribution >= 4 is 21.9 Å². The first-order chi connectivity index (χ1) is 5.65. The zero-order chi connectivity index (χ0) is 9.56. The van der Waals surface area contributed by atoms with E-state index in [1.165, 1.54) is 7.11 Å². The number of halogens is 1. The van der Waals surface area contributed by atoms with Gasteiger partial charge in [0.05, 0.1) is 19.6 Å². The molecule has 0 heterocycles. The van der Waals surface area contributed by atoms with Crippen molar-refractivity contribution in [1.29, 1.82) is 0 Å². The lowest BCUT2D eigenvalue weighted by Gasteiger charge is -2.18. The van der Waals surface area contributed by atoms with Crippen molar-refractivity contribution in [3.63, 3.8) is 0 Å². The maximum atomic E-state index is 10.9. The van der Waals surface area contributed by atoms with E-state index in [4.69, 9.17) is 4.74 Å². The first-order valence-electron chi connectivity index (χ1n) is 3.89. The monoisotopic (exact) mass is 238 g/mol. The Kier molecular flexibility index (Phi) is 6.38. The molecule has 0 spiro atoms. The fourth-order valence-electron chi connectivity index (χ4n) is 0.869. The van der Waals surface area contributed by atoms with Gasteiger partial charge in [-0.3, -0.25) is 4.79 Å². The molecular weight excluding hydrogens is 224 g/mol. The van der Waals surface area contributed by atoms with Crippen molar-refractivity contribution in [2.24, 2.45) is 0 Å². The second-order valence-corrected chi connectivity index (χ2v) is 3.65. The summed E-state index contributed by atoms with van der Waals surface area (Å²) in [5.74, 6) is -0.236. The van der Waals surface area contributed by atoms with Crippen LogP contribution in [0.15, 0.2) is 0 Å². The van der Waals surface area contributed by atoms with Crippen LogP contribution in [0, 0.1) is 0 Å². The molecule has 72 valence electrons. The van der Waals surface area contributed by atoms with Gasteiger partial charge < -0.3 is 9.47 Å². The Morgan fingerprint density at radius 3 is 2.42 bits per heavy atom. The summed E-state index contributed by atoms with van der Waals surface area (Å²) in [5.41, 5.74) is 0. The summed E-state index contributed by atoms with van der Waals surface area (Å²) in [5, 5.41) is 0. The molecule has 4 heteroatoms. The molecule has 2 atom stereocenters. The third-order valence-corrected chi connectivity index (χ3v) is 2.93. The summed E-state index contributed by atoms with van der Waals surface area (Å²) in [6.45, 7) is 2.03. The Morgan fingerprint density at radius 2 is 2.08 bits per heavy atom. The third kappa shape index (κ3) is 4.07. The molecule has 0 bridgehead atoms. The zero-order valence-electron chi connectivity index (χ0n) is 7.67. The normalized spacial score (nSPS) is 15.3. The van der Waals surface area contributed by atoms with Gasteiger partial charge in [-0.1, -0.05) is 22.9 Å². The molecule has 0 aromatic heterocycles. The van der Waals surface area contributed by atoms with Crippen LogP contribution < -0.4 is 0 Å². The molecule has 0 aromatic carbocycles. The number of carbonyl (C=O) groups is 1. The highest BCUT2D eigenvalue weighted by molar-refractivity contribution is 9.09. The fourth-order valence-corrected chi connectivity index (χ4v) is 1.27. The molecule has 0 rings (SSSR count). The van der Waals surface area contributed by atoms with E-state index in [0.29, 0.717) is 6.42 Å². The summed E-state index contributed by atoms with van der Waals surface area (Å²) in [7, 11) is 2.97. The van der Waals surface area contributed by atoms with Gasteiger partial charge in [-0.25, -0.2) is 0 Å². The number of esters is 1. The van der Waals surface area contributed by atoms with Crippen LogP contribution in [0.3, 0.4) is 0 Å². The van der Waals surface area contributed by atoms with Gasteiger partial charge >= 0.3 is 5.97 Å². The number of rotatable bonds is 5. The van der Waals surface area contributed by atoms with Crippen molar-refractivity contribution < 1.29 is 14.3 Å². The van der Waals surface area contributed by atoms with Crippen molar-refractivity contribution in [3.8, 4) is 0 Å². The van der Waals surface area contributed by atoms with Crippen LogP contribution in [0.2, 0.25) is 0 Å². The first kappa shape index (κ1) is 11.9. The number of carbonyl (C=O) groups excluding carboxylic acids is 1. The van der Waals surface area contributed by atoms with Crippen molar-refractivity contribution in [3.05, 3.63) is 0 Å². The van der Waals surface area contributed by atoms with Crippen LogP contribution >= 0.6 is 15.9 Å². The smallest absolute Gasteiger partial charge is 0.308 e. The Balaban J connectivity index is 3.90. The highest BCUT2D eigenvalue weighted by atomic mass is 79.9. The maximum absolute atomic E-state index is 10.9. The van der Waals surface area contributed by atoms with Gasteiger partial charge in [0.1, 0.15) is 0 Å². The number of alkyl halides is 1. The van der Waals surface area contributed by atoms with Gasteiger partial charge in [0.25, 0.3) is 0 Å². The summed E-state index contributed by atoms with van der Waals surface area (Å²) in [4.78, 5) is 11.1. The van der Waals surface area contributed by atoms with Crippen LogP contribution in [0.5, 0.6) is 0 Å². The van der Waals surface area contributed by atoms with Crippen molar-refractivity contribution in [1.82, 2.24) is 0 Å². The molecule has 0 saturated carbocycles. The van der Waals surface area contributed by atoms with Crippen LogP contribution in [-0.2, 0) is 14.3 Å². The SMILES string of the molecule is CCC(Br)C(CC(=O)OC)OC. The number of hydrogen-bond donors (Lipinski definition) is 0. The lowest BCUT2D eigenvalue weighted by Crippen LogP contribution is -2.26. The van der Waals surface area contributed by atoms with E-state index in [2.05, 4.69) is 20.7 Å². The standard InChI is InChI=1S/C8H15BrO3/c1-4-6(9)7(11-2)5-8(10)12-3/h6-7H,4-5H2,1-3H3. The van der Waals surface area contributed by atoms with Gasteiger partial charge in [0, 0.05) is 11.9 Å². The third-order valence-electron chi connectivity index (χ3n) is 1.69. The van der Waals surface area contributed by atoms with Crippen molar-refractivity contribution in [2.75, 3.05) is 14.2 Å². The lowest BCUT2D eigenvalue weighted by atomic mass is 10.1. The predicted molar refractivity (Wildman–Crippen MR) is 50.4 cm³/mol. The van der Waals surface area contributed by atoms with Gasteiger partial charge in [0.2, 0.25) is 0 Å². The predicted octanol–water partition coefficient (Wildman–Crippen LogP) is 1.74. The Morgan fingerprint density at radius 1 is 1.50 bits per heavy atom. The van der Waals surface area contributed by atoms with Gasteiger partial charge in [-0.2, -0.15) is 0 Å². The molecule has 0 aromatic rings. The van der Waals surface area contributed by atoms with E-state index in [1.807, 2.05) is 6.92 Å². The van der Waals surface area contributed by atoms with E-state index in [9.17, 15) is 4.79 Å². The van der Waals surface area contributed by atoms with Crippen LogP contribution in [0.1, 0.15) is 19.8 Å². The van der Waals surface area contributed by atoms with Crippen LogP contribution in [-0.4, -0.2) is 31.1 Å². The molecule has 0 aliphatic heterocycles. The minimum Gasteiger partial charge on any atom is -0.469 e. The number of ether oxygens (including phenoxy) is 2. The molecule has 3 nitrogen and oxygen atoms in total. The number of methoxy groups -OCH3 is 2. The van der Waals surface area contributed by atoms with E-state index in [-0.39, 0.29) is 16.9 Å². The molecular formula is C8H15BrO3. The molecule has 0 fully saturated rings. The average Bonchev–Trinajstić information content (AvgIpc) is 2.12. The number of hydrogen-bond acceptors (Lipinski definition) is 3. The molecule has 0 saturated heterocycles. The molecule has 0 radical (unpaired) electrons. The zero-order valence-corrected chi connectivity index (χ0v) is 9.26. The quantitative estimate of drug-likeness (QED) is 0.541. The van der Waals surface area contributed by atoms with Crippen LogP contribution in [0.25, 0.3) is 0 Å². The minimum absolute atomic E-state index is 0.0950. The molecule has 0 aliphatic rings. The topological polar surface area (TPSA) is 35.5 Å². The summed E-state index contributed by atoms with van der Waals surface area (Å²) < 4.78 is 9.67. The Hall–Kier alpha value is -0.0900. The summed E-state index contributed by atoms with van der Waals surface area (Å²) >= 11 is 3.43. The fraction of sp³-hybridized carbons (Fsp3) is 0.875. The second-order valence-electron chi connectivity index (χ2n) is 2.48. The van der Waals surface area contributed by atoms with Gasteiger partial charge in [-0.05, 0) is 6.42 Å². The molecule has 12 heavy (non-hydrogen) atoms. The molecule has 0 N–H and O–H groups in total. The highest BCUT2D eigenvalue weighted by Gasteiger charge is 2.20. The van der Waals surface area contributed by atoms with E-state index >= 15 is 0 Å². The van der Waals surface area contributed by atoms with Crippen LogP contribution in [0.4, 0.5) is 0 Å². The maximum Gasteiger partial charge on any atom is 0.308 e. The minimum atomic E-state index is -0.236. The molecule has 0 aliphatic carbocycles. The Labute approximate surface area is 81.6 Å². The summed E-state index contributed by atoms with van der Waals surface area (Å²) in [6, 6.07) is 0. The molecule has 2 unspecified atom stereocenters. The van der Waals surface area contributed by atoms with Gasteiger partial charge in [-0.15, -0.1) is 0 Å².